The van der Waals surface area contributed by atoms with Gasteiger partial charge in [-0.2, -0.15) is 9.97 Å². The molecule has 0 saturated carbocycles. The van der Waals surface area contributed by atoms with Crippen LogP contribution in [0.25, 0.3) is 0 Å². The van der Waals surface area contributed by atoms with Gasteiger partial charge < -0.3 is 10.6 Å². The van der Waals surface area contributed by atoms with Gasteiger partial charge in [-0.25, -0.2) is 0 Å². The number of nitrogen functional groups attached to an aromatic ring is 1. The zero-order chi connectivity index (χ0) is 14.8. The minimum Gasteiger partial charge on any atom is -0.368 e. The highest BCUT2D eigenvalue weighted by molar-refractivity contribution is 5.95. The third-order valence-electron chi connectivity index (χ3n) is 4.03. The molecule has 1 unspecified atom stereocenters. The van der Waals surface area contributed by atoms with Gasteiger partial charge in [0, 0.05) is 38.0 Å². The summed E-state index contributed by atoms with van der Waals surface area (Å²) in [5.41, 5.74) is 5.82. The topological polar surface area (TPSA) is 75.4 Å². The van der Waals surface area contributed by atoms with E-state index in [9.17, 15) is 4.79 Å². The lowest BCUT2D eigenvalue weighted by atomic mass is 10.1. The average molecular weight is 285 g/mol. The summed E-state index contributed by atoms with van der Waals surface area (Å²) in [6.07, 6.45) is 9.35. The highest BCUT2D eigenvalue weighted by Gasteiger charge is 2.31. The predicted octanol–water partition coefficient (Wildman–Crippen LogP) is 1.04. The summed E-state index contributed by atoms with van der Waals surface area (Å²) >= 11 is 0. The molecule has 2 N–H and O–H groups in total. The molecule has 1 amide bonds. The van der Waals surface area contributed by atoms with Crippen molar-refractivity contribution < 1.29 is 4.79 Å². The number of amides is 1. The molecule has 0 radical (unpaired) electrons. The molecular formula is C15H19N5O. The molecule has 110 valence electrons. The molecule has 3 rings (SSSR count). The summed E-state index contributed by atoms with van der Waals surface area (Å²) in [6.45, 7) is 2.44. The van der Waals surface area contributed by atoms with E-state index in [0.717, 1.165) is 31.7 Å². The Morgan fingerprint density at radius 2 is 1.95 bits per heavy atom. The first-order valence-electron chi connectivity index (χ1n) is 7.33. The highest BCUT2D eigenvalue weighted by Crippen LogP contribution is 2.27. The van der Waals surface area contributed by atoms with Crippen LogP contribution in [0, 0.1) is 18.3 Å². The van der Waals surface area contributed by atoms with E-state index >= 15 is 0 Å². The lowest BCUT2D eigenvalue weighted by Gasteiger charge is -2.28. The van der Waals surface area contributed by atoms with Crippen LogP contribution < -0.4 is 15.5 Å². The number of piperidine rings is 1. The van der Waals surface area contributed by atoms with Gasteiger partial charge in [0.15, 0.2) is 0 Å². The molecule has 1 atom stereocenters. The van der Waals surface area contributed by atoms with Gasteiger partial charge in [-0.05, 0) is 19.3 Å². The van der Waals surface area contributed by atoms with E-state index in [1.165, 1.54) is 6.42 Å². The van der Waals surface area contributed by atoms with Crippen molar-refractivity contribution >= 4 is 23.5 Å². The largest absolute Gasteiger partial charge is 0.368 e. The molecule has 6 nitrogen and oxygen atoms in total. The molecule has 0 spiro atoms. The van der Waals surface area contributed by atoms with Gasteiger partial charge >= 0.3 is 0 Å². The fourth-order valence-electron chi connectivity index (χ4n) is 2.90. The standard InChI is InChI=1S/C15H19N5O/c1-2-11-8-14(21)20(10-11)13-9-12(17-15(16)18-13)19-6-4-3-5-7-19/h1,9,11H,3-8,10H2,(H2,16,17,18). The lowest BCUT2D eigenvalue weighted by Crippen LogP contribution is -2.31. The van der Waals surface area contributed by atoms with Crippen molar-refractivity contribution in [3.63, 3.8) is 0 Å². The van der Waals surface area contributed by atoms with Gasteiger partial charge in [-0.3, -0.25) is 9.69 Å². The number of anilines is 3. The second kappa shape index (κ2) is 5.60. The third-order valence-corrected chi connectivity index (χ3v) is 4.03. The Labute approximate surface area is 124 Å². The first kappa shape index (κ1) is 13.7. The maximum Gasteiger partial charge on any atom is 0.229 e. The molecule has 2 aliphatic rings. The Morgan fingerprint density at radius 1 is 1.24 bits per heavy atom. The van der Waals surface area contributed by atoms with Crippen LogP contribution in [0.4, 0.5) is 17.6 Å². The minimum atomic E-state index is -0.0490. The van der Waals surface area contributed by atoms with Gasteiger partial charge in [0.05, 0.1) is 0 Å². The average Bonchev–Trinajstić information content (AvgIpc) is 2.89. The van der Waals surface area contributed by atoms with Gasteiger partial charge in [0.1, 0.15) is 11.6 Å². The van der Waals surface area contributed by atoms with Crippen LogP contribution in [0.5, 0.6) is 0 Å². The van der Waals surface area contributed by atoms with Gasteiger partial charge in [0.2, 0.25) is 11.9 Å². The van der Waals surface area contributed by atoms with Crippen LogP contribution in [-0.2, 0) is 4.79 Å². The van der Waals surface area contributed by atoms with Crippen molar-refractivity contribution in [3.05, 3.63) is 6.07 Å². The maximum atomic E-state index is 12.1. The lowest BCUT2D eigenvalue weighted by molar-refractivity contribution is -0.117. The Bertz CT molecular complexity index is 588. The van der Waals surface area contributed by atoms with Crippen LogP contribution in [-0.4, -0.2) is 35.5 Å². The van der Waals surface area contributed by atoms with Crippen molar-refractivity contribution in [2.45, 2.75) is 25.7 Å². The number of nitrogens with zero attached hydrogens (tertiary/aromatic N) is 4. The molecule has 1 aromatic rings. The van der Waals surface area contributed by atoms with Crippen molar-refractivity contribution in [3.8, 4) is 12.3 Å². The Hall–Kier alpha value is -2.29. The van der Waals surface area contributed by atoms with Crippen LogP contribution >= 0.6 is 0 Å². The predicted molar refractivity (Wildman–Crippen MR) is 81.8 cm³/mol. The number of carbonyl (C=O) groups is 1. The molecule has 0 bridgehead atoms. The molecular weight excluding hydrogens is 266 g/mol. The second-order valence-electron chi connectivity index (χ2n) is 5.56. The summed E-state index contributed by atoms with van der Waals surface area (Å²) in [6, 6.07) is 1.85. The van der Waals surface area contributed by atoms with Crippen LogP contribution in [0.3, 0.4) is 0 Å². The summed E-state index contributed by atoms with van der Waals surface area (Å²) in [4.78, 5) is 24.4. The van der Waals surface area contributed by atoms with Crippen molar-refractivity contribution in [2.75, 3.05) is 35.2 Å². The van der Waals surface area contributed by atoms with Gasteiger partial charge in [-0.1, -0.05) is 0 Å². The van der Waals surface area contributed by atoms with Crippen LogP contribution in [0.2, 0.25) is 0 Å². The number of hydrogen-bond donors (Lipinski definition) is 1. The number of hydrogen-bond acceptors (Lipinski definition) is 5. The maximum absolute atomic E-state index is 12.1. The van der Waals surface area contributed by atoms with Crippen molar-refractivity contribution in [1.29, 1.82) is 0 Å². The number of carbonyl (C=O) groups excluding carboxylic acids is 1. The highest BCUT2D eigenvalue weighted by atomic mass is 16.2. The smallest absolute Gasteiger partial charge is 0.229 e. The minimum absolute atomic E-state index is 0.000596. The quantitative estimate of drug-likeness (QED) is 0.822. The summed E-state index contributed by atoms with van der Waals surface area (Å²) < 4.78 is 0. The first-order chi connectivity index (χ1) is 10.2. The fraction of sp³-hybridized carbons (Fsp3) is 0.533. The number of rotatable bonds is 2. The number of terminal acetylenes is 1. The van der Waals surface area contributed by atoms with E-state index in [4.69, 9.17) is 12.2 Å². The normalized spacial score (nSPS) is 22.4. The molecule has 0 aromatic carbocycles. The number of aromatic nitrogens is 2. The molecule has 1 aromatic heterocycles. The Kier molecular flexibility index (Phi) is 3.65. The fourth-order valence-corrected chi connectivity index (χ4v) is 2.90. The van der Waals surface area contributed by atoms with E-state index < -0.39 is 0 Å². The van der Waals surface area contributed by atoms with E-state index in [0.29, 0.717) is 18.8 Å². The summed E-state index contributed by atoms with van der Waals surface area (Å²) in [5, 5.41) is 0. The van der Waals surface area contributed by atoms with E-state index in [-0.39, 0.29) is 17.8 Å². The Balaban J connectivity index is 1.87. The first-order valence-corrected chi connectivity index (χ1v) is 7.33. The zero-order valence-corrected chi connectivity index (χ0v) is 12.0. The van der Waals surface area contributed by atoms with Gasteiger partial charge in [-0.15, -0.1) is 12.3 Å². The second-order valence-corrected chi connectivity index (χ2v) is 5.56. The van der Waals surface area contributed by atoms with E-state index in [1.54, 1.807) is 4.90 Å². The number of nitrogens with two attached hydrogens (primary N) is 1. The van der Waals surface area contributed by atoms with Gasteiger partial charge in [0.25, 0.3) is 0 Å². The molecule has 0 aliphatic carbocycles. The summed E-state index contributed by atoms with van der Waals surface area (Å²) in [7, 11) is 0. The van der Waals surface area contributed by atoms with E-state index in [1.807, 2.05) is 6.07 Å². The molecule has 3 heterocycles. The molecule has 2 fully saturated rings. The molecule has 2 saturated heterocycles. The summed E-state index contributed by atoms with van der Waals surface area (Å²) in [5.74, 6) is 4.15. The van der Waals surface area contributed by atoms with E-state index in [2.05, 4.69) is 20.8 Å². The zero-order valence-electron chi connectivity index (χ0n) is 12.0. The SMILES string of the molecule is C#CC1CC(=O)N(c2cc(N3CCCCC3)nc(N)n2)C1. The van der Waals surface area contributed by atoms with Crippen molar-refractivity contribution in [1.82, 2.24) is 9.97 Å². The Morgan fingerprint density at radius 3 is 2.62 bits per heavy atom. The monoisotopic (exact) mass is 285 g/mol. The van der Waals surface area contributed by atoms with Crippen LogP contribution in [0.1, 0.15) is 25.7 Å². The van der Waals surface area contributed by atoms with Crippen LogP contribution in [0.15, 0.2) is 6.07 Å². The third kappa shape index (κ3) is 2.77. The molecule has 2 aliphatic heterocycles. The van der Waals surface area contributed by atoms with Crippen molar-refractivity contribution in [2.24, 2.45) is 5.92 Å². The molecule has 21 heavy (non-hydrogen) atoms. The molecule has 6 heteroatoms.